The van der Waals surface area contributed by atoms with Crippen molar-refractivity contribution in [1.29, 1.82) is 0 Å². The van der Waals surface area contributed by atoms with E-state index in [-0.39, 0.29) is 0 Å². The van der Waals surface area contributed by atoms with Crippen LogP contribution in [-0.4, -0.2) is 6.54 Å². The van der Waals surface area contributed by atoms with E-state index in [1.54, 1.807) is 0 Å². The summed E-state index contributed by atoms with van der Waals surface area (Å²) in [5.41, 5.74) is 13.3. The predicted molar refractivity (Wildman–Crippen MR) is 194 cm³/mol. The van der Waals surface area contributed by atoms with Crippen LogP contribution in [0.25, 0.3) is 0 Å². The van der Waals surface area contributed by atoms with Gasteiger partial charge in [0.25, 0.3) is 0 Å². The number of rotatable bonds is 11. The lowest BCUT2D eigenvalue weighted by Gasteiger charge is -2.24. The lowest BCUT2D eigenvalue weighted by molar-refractivity contribution is 1.02. The van der Waals surface area contributed by atoms with Crippen molar-refractivity contribution in [3.05, 3.63) is 157 Å². The van der Waals surface area contributed by atoms with Crippen LogP contribution in [0.1, 0.15) is 18.1 Å². The molecule has 0 atom stereocenters. The quantitative estimate of drug-likeness (QED) is 0.121. The Balaban J connectivity index is 1.07. The van der Waals surface area contributed by atoms with Gasteiger partial charge in [-0.2, -0.15) is 0 Å². The molecule has 0 radical (unpaired) electrons. The molecule has 6 aromatic rings. The molecule has 0 aliphatic rings. The van der Waals surface area contributed by atoms with Crippen molar-refractivity contribution in [2.75, 3.05) is 32.7 Å². The normalized spacial score (nSPS) is 10.6. The zero-order valence-electron chi connectivity index (χ0n) is 26.0. The smallest absolute Gasteiger partial charge is 0.0415 e. The van der Waals surface area contributed by atoms with Crippen LogP contribution in [0.3, 0.4) is 0 Å². The SMILES string of the molecule is CCN(c1ccc(Nc2ccc(Nc3ccccc3)c(C)c2)cc1)c1ccc(Nc2ccc(Nc3ccccc3)c(C)c2)cc1. The van der Waals surface area contributed by atoms with Gasteiger partial charge in [-0.15, -0.1) is 0 Å². The summed E-state index contributed by atoms with van der Waals surface area (Å²) < 4.78 is 0. The summed E-state index contributed by atoms with van der Waals surface area (Å²) in [7, 11) is 0. The molecule has 0 aliphatic heterocycles. The van der Waals surface area contributed by atoms with E-state index in [4.69, 9.17) is 0 Å². The van der Waals surface area contributed by atoms with Crippen LogP contribution in [0.4, 0.5) is 56.9 Å². The summed E-state index contributed by atoms with van der Waals surface area (Å²) in [6.45, 7) is 7.30. The molecule has 0 aromatic heterocycles. The molecule has 4 N–H and O–H groups in total. The molecule has 45 heavy (non-hydrogen) atoms. The largest absolute Gasteiger partial charge is 0.356 e. The van der Waals surface area contributed by atoms with Crippen molar-refractivity contribution >= 4 is 56.9 Å². The fraction of sp³-hybridized carbons (Fsp3) is 0.100. The molecule has 224 valence electrons. The summed E-state index contributed by atoms with van der Waals surface area (Å²) in [4.78, 5) is 2.32. The molecule has 0 bridgehead atoms. The van der Waals surface area contributed by atoms with E-state index >= 15 is 0 Å². The Morgan fingerprint density at radius 3 is 1.11 bits per heavy atom. The highest BCUT2D eigenvalue weighted by Crippen LogP contribution is 2.31. The average Bonchev–Trinajstić information content (AvgIpc) is 3.06. The zero-order valence-corrected chi connectivity index (χ0v) is 26.0. The maximum Gasteiger partial charge on any atom is 0.0415 e. The molecule has 0 heterocycles. The first-order valence-corrected chi connectivity index (χ1v) is 15.4. The van der Waals surface area contributed by atoms with Gasteiger partial charge in [-0.1, -0.05) is 36.4 Å². The van der Waals surface area contributed by atoms with Crippen molar-refractivity contribution in [2.45, 2.75) is 20.8 Å². The van der Waals surface area contributed by atoms with Crippen molar-refractivity contribution < 1.29 is 0 Å². The fourth-order valence-corrected chi connectivity index (χ4v) is 5.41. The fourth-order valence-electron chi connectivity index (χ4n) is 5.41. The summed E-state index contributed by atoms with van der Waals surface area (Å²) in [5.74, 6) is 0. The Kier molecular flexibility index (Phi) is 8.98. The first-order chi connectivity index (χ1) is 22.0. The highest BCUT2D eigenvalue weighted by Gasteiger charge is 2.09. The lowest BCUT2D eigenvalue weighted by Crippen LogP contribution is -2.15. The van der Waals surface area contributed by atoms with Gasteiger partial charge in [0.05, 0.1) is 0 Å². The highest BCUT2D eigenvalue weighted by atomic mass is 15.1. The molecule has 0 aliphatic carbocycles. The van der Waals surface area contributed by atoms with Gasteiger partial charge >= 0.3 is 0 Å². The molecule has 0 unspecified atom stereocenters. The molecule has 6 aromatic carbocycles. The van der Waals surface area contributed by atoms with E-state index in [0.29, 0.717) is 0 Å². The van der Waals surface area contributed by atoms with Gasteiger partial charge in [0.2, 0.25) is 0 Å². The number of hydrogen-bond donors (Lipinski definition) is 4. The van der Waals surface area contributed by atoms with E-state index in [1.165, 1.54) is 11.1 Å². The summed E-state index contributed by atoms with van der Waals surface area (Å²) in [5, 5.41) is 14.1. The van der Waals surface area contributed by atoms with E-state index in [9.17, 15) is 0 Å². The minimum atomic E-state index is 0.865. The maximum atomic E-state index is 3.55. The Hall–Kier alpha value is -5.68. The predicted octanol–water partition coefficient (Wildman–Crippen LogP) is 11.4. The molecule has 5 nitrogen and oxygen atoms in total. The van der Waals surface area contributed by atoms with Gasteiger partial charge in [0, 0.05) is 63.4 Å². The Morgan fingerprint density at radius 2 is 0.756 bits per heavy atom. The van der Waals surface area contributed by atoms with Gasteiger partial charge in [-0.3, -0.25) is 0 Å². The van der Waals surface area contributed by atoms with Crippen molar-refractivity contribution in [3.8, 4) is 0 Å². The Labute approximate surface area is 266 Å². The number of nitrogens with zero attached hydrogens (tertiary/aromatic N) is 1. The average molecular weight is 590 g/mol. The molecule has 0 saturated carbocycles. The number of benzene rings is 6. The van der Waals surface area contributed by atoms with E-state index in [2.05, 4.69) is 156 Å². The summed E-state index contributed by atoms with van der Waals surface area (Å²) >= 11 is 0. The highest BCUT2D eigenvalue weighted by molar-refractivity contribution is 5.73. The van der Waals surface area contributed by atoms with E-state index in [1.807, 2.05) is 36.4 Å². The molecular formula is C40H39N5. The third kappa shape index (κ3) is 7.46. The van der Waals surface area contributed by atoms with Crippen LogP contribution in [-0.2, 0) is 0 Å². The Bertz CT molecular complexity index is 1700. The number of hydrogen-bond acceptors (Lipinski definition) is 5. The standard InChI is InChI=1S/C40H39N5/c1-4-45(37-21-15-33(16-22-37)41-35-19-25-39(29(2)27-35)43-31-11-7-5-8-12-31)38-23-17-34(18-24-38)42-36-20-26-40(30(3)28-36)44-32-13-9-6-10-14-32/h5-28,41-44H,4H2,1-3H3. The van der Waals surface area contributed by atoms with Crippen molar-refractivity contribution in [3.63, 3.8) is 0 Å². The molecule has 0 spiro atoms. The molecule has 0 fully saturated rings. The van der Waals surface area contributed by atoms with Gasteiger partial charge in [0.1, 0.15) is 0 Å². The monoisotopic (exact) mass is 589 g/mol. The van der Waals surface area contributed by atoms with Crippen LogP contribution in [0, 0.1) is 13.8 Å². The summed E-state index contributed by atoms with van der Waals surface area (Å²) in [6, 6.07) is 50.5. The van der Waals surface area contributed by atoms with Gasteiger partial charge in [-0.05, 0) is 141 Å². The van der Waals surface area contributed by atoms with Crippen LogP contribution < -0.4 is 26.2 Å². The van der Waals surface area contributed by atoms with Crippen LogP contribution in [0.5, 0.6) is 0 Å². The van der Waals surface area contributed by atoms with Crippen LogP contribution in [0.2, 0.25) is 0 Å². The van der Waals surface area contributed by atoms with Gasteiger partial charge in [-0.25, -0.2) is 0 Å². The minimum Gasteiger partial charge on any atom is -0.356 e. The van der Waals surface area contributed by atoms with Crippen LogP contribution >= 0.6 is 0 Å². The number of para-hydroxylation sites is 2. The third-order valence-electron chi connectivity index (χ3n) is 7.81. The van der Waals surface area contributed by atoms with E-state index in [0.717, 1.165) is 63.4 Å². The second-order valence-electron chi connectivity index (χ2n) is 11.1. The number of aryl methyl sites for hydroxylation is 2. The minimum absolute atomic E-state index is 0.865. The van der Waals surface area contributed by atoms with E-state index < -0.39 is 0 Å². The van der Waals surface area contributed by atoms with Gasteiger partial charge in [0.15, 0.2) is 0 Å². The maximum absolute atomic E-state index is 3.55. The first-order valence-electron chi connectivity index (χ1n) is 15.4. The second kappa shape index (κ2) is 13.7. The third-order valence-corrected chi connectivity index (χ3v) is 7.81. The molecular weight excluding hydrogens is 550 g/mol. The van der Waals surface area contributed by atoms with Crippen LogP contribution in [0.15, 0.2) is 146 Å². The number of nitrogens with one attached hydrogen (secondary N) is 4. The molecule has 0 saturated heterocycles. The molecule has 6 rings (SSSR count). The first kappa shape index (κ1) is 29.4. The Morgan fingerprint density at radius 1 is 0.400 bits per heavy atom. The zero-order chi connectivity index (χ0) is 31.0. The van der Waals surface area contributed by atoms with Crippen molar-refractivity contribution in [1.82, 2.24) is 0 Å². The number of anilines is 10. The molecule has 5 heteroatoms. The molecule has 0 amide bonds. The van der Waals surface area contributed by atoms with Gasteiger partial charge < -0.3 is 26.2 Å². The van der Waals surface area contributed by atoms with Crippen molar-refractivity contribution in [2.24, 2.45) is 0 Å². The topological polar surface area (TPSA) is 51.4 Å². The lowest BCUT2D eigenvalue weighted by atomic mass is 10.1. The summed E-state index contributed by atoms with van der Waals surface area (Å²) in [6.07, 6.45) is 0. The second-order valence-corrected chi connectivity index (χ2v) is 11.1.